The number of rotatable bonds is 7. The van der Waals surface area contributed by atoms with Gasteiger partial charge in [0.1, 0.15) is 5.75 Å². The first-order valence-corrected chi connectivity index (χ1v) is 9.80. The Labute approximate surface area is 156 Å². The number of carbonyl (C=O) groups is 1. The van der Waals surface area contributed by atoms with Crippen LogP contribution >= 0.6 is 15.9 Å². The van der Waals surface area contributed by atoms with Crippen LogP contribution in [0, 0.1) is 0 Å². The van der Waals surface area contributed by atoms with Crippen LogP contribution in [-0.4, -0.2) is 38.8 Å². The molecule has 0 saturated carbocycles. The predicted octanol–water partition coefficient (Wildman–Crippen LogP) is 3.11. The van der Waals surface area contributed by atoms with Gasteiger partial charge in [0.05, 0.1) is 24.2 Å². The van der Waals surface area contributed by atoms with Crippen LogP contribution in [0.4, 0.5) is 5.69 Å². The molecule has 1 amide bonds. The van der Waals surface area contributed by atoms with Gasteiger partial charge in [0.25, 0.3) is 0 Å². The van der Waals surface area contributed by atoms with Crippen LogP contribution in [0.15, 0.2) is 57.9 Å². The minimum atomic E-state index is -3.75. The Bertz CT molecular complexity index is 838. The van der Waals surface area contributed by atoms with Crippen LogP contribution in [-0.2, 0) is 14.8 Å². The van der Waals surface area contributed by atoms with Crippen LogP contribution in [0.25, 0.3) is 0 Å². The lowest BCUT2D eigenvalue weighted by atomic mass is 10.3. The van der Waals surface area contributed by atoms with Crippen molar-refractivity contribution in [3.63, 3.8) is 0 Å². The molecule has 0 heterocycles. The van der Waals surface area contributed by atoms with Gasteiger partial charge in [-0.3, -0.25) is 4.79 Å². The number of para-hydroxylation sites is 2. The fourth-order valence-electron chi connectivity index (χ4n) is 2.22. The third kappa shape index (κ3) is 4.81. The average molecular weight is 427 g/mol. The van der Waals surface area contributed by atoms with Gasteiger partial charge < -0.3 is 10.1 Å². The van der Waals surface area contributed by atoms with E-state index in [4.69, 9.17) is 4.74 Å². The molecule has 0 aromatic heterocycles. The van der Waals surface area contributed by atoms with Gasteiger partial charge >= 0.3 is 0 Å². The molecular weight excluding hydrogens is 408 g/mol. The predicted molar refractivity (Wildman–Crippen MR) is 100 cm³/mol. The van der Waals surface area contributed by atoms with Gasteiger partial charge in [-0.05, 0) is 36.4 Å². The zero-order chi connectivity index (χ0) is 18.4. The molecule has 0 atom stereocenters. The van der Waals surface area contributed by atoms with Crippen molar-refractivity contribution in [2.24, 2.45) is 0 Å². The molecule has 0 saturated heterocycles. The fraction of sp³-hybridized carbons (Fsp3) is 0.235. The summed E-state index contributed by atoms with van der Waals surface area (Å²) >= 11 is 3.27. The maximum atomic E-state index is 12.7. The number of nitrogens with zero attached hydrogens (tertiary/aromatic N) is 1. The van der Waals surface area contributed by atoms with Crippen molar-refractivity contribution < 1.29 is 17.9 Å². The standard InChI is InChI=1S/C17H19BrN2O4S/c1-3-20(25(22,23)14-10-8-13(18)9-11-14)12-17(21)19-15-6-4-5-7-16(15)24-2/h4-11H,3,12H2,1-2H3,(H,19,21). The molecule has 2 rings (SSSR count). The van der Waals surface area contributed by atoms with Gasteiger partial charge in [-0.15, -0.1) is 0 Å². The van der Waals surface area contributed by atoms with Crippen LogP contribution in [0.5, 0.6) is 5.75 Å². The number of ether oxygens (including phenoxy) is 1. The molecule has 25 heavy (non-hydrogen) atoms. The van der Waals surface area contributed by atoms with Gasteiger partial charge in [0, 0.05) is 11.0 Å². The number of amides is 1. The van der Waals surface area contributed by atoms with E-state index < -0.39 is 15.9 Å². The summed E-state index contributed by atoms with van der Waals surface area (Å²) in [7, 11) is -2.25. The van der Waals surface area contributed by atoms with Crippen molar-refractivity contribution in [2.75, 3.05) is 25.5 Å². The Balaban J connectivity index is 2.15. The first kappa shape index (κ1) is 19.4. The van der Waals surface area contributed by atoms with E-state index in [0.29, 0.717) is 11.4 Å². The first-order chi connectivity index (χ1) is 11.9. The summed E-state index contributed by atoms with van der Waals surface area (Å²) in [5, 5.41) is 2.68. The highest BCUT2D eigenvalue weighted by Crippen LogP contribution is 2.23. The van der Waals surface area contributed by atoms with Crippen LogP contribution < -0.4 is 10.1 Å². The molecule has 8 heteroatoms. The smallest absolute Gasteiger partial charge is 0.243 e. The Morgan fingerprint density at radius 3 is 2.40 bits per heavy atom. The quantitative estimate of drug-likeness (QED) is 0.737. The topological polar surface area (TPSA) is 75.7 Å². The SMILES string of the molecule is CCN(CC(=O)Nc1ccccc1OC)S(=O)(=O)c1ccc(Br)cc1. The molecule has 0 radical (unpaired) electrons. The summed E-state index contributed by atoms with van der Waals surface area (Å²) in [6.45, 7) is 1.58. The van der Waals surface area contributed by atoms with E-state index >= 15 is 0 Å². The lowest BCUT2D eigenvalue weighted by molar-refractivity contribution is -0.116. The van der Waals surface area contributed by atoms with Gasteiger partial charge in [0.15, 0.2) is 0 Å². The van der Waals surface area contributed by atoms with Crippen molar-refractivity contribution in [1.82, 2.24) is 4.31 Å². The summed E-state index contributed by atoms with van der Waals surface area (Å²) in [5.74, 6) is 0.0710. The Morgan fingerprint density at radius 1 is 1.16 bits per heavy atom. The van der Waals surface area contributed by atoms with Crippen LogP contribution in [0.3, 0.4) is 0 Å². The van der Waals surface area contributed by atoms with E-state index in [2.05, 4.69) is 21.2 Å². The first-order valence-electron chi connectivity index (χ1n) is 7.57. The second-order valence-electron chi connectivity index (χ2n) is 5.13. The summed E-state index contributed by atoms with van der Waals surface area (Å²) in [5.41, 5.74) is 0.493. The zero-order valence-corrected chi connectivity index (χ0v) is 16.3. The largest absolute Gasteiger partial charge is 0.495 e. The molecule has 0 aliphatic rings. The number of anilines is 1. The lowest BCUT2D eigenvalue weighted by Gasteiger charge is -2.20. The number of nitrogens with one attached hydrogen (secondary N) is 1. The number of sulfonamides is 1. The highest BCUT2D eigenvalue weighted by molar-refractivity contribution is 9.10. The number of benzene rings is 2. The molecule has 0 fully saturated rings. The third-order valence-corrected chi connectivity index (χ3v) is 5.97. The number of likely N-dealkylation sites (N-methyl/N-ethyl adjacent to an activating group) is 1. The summed E-state index contributed by atoms with van der Waals surface area (Å²) < 4.78 is 32.5. The molecule has 0 unspecified atom stereocenters. The van der Waals surface area contributed by atoms with Gasteiger partial charge in [-0.1, -0.05) is 35.0 Å². The number of hydrogen-bond acceptors (Lipinski definition) is 4. The Morgan fingerprint density at radius 2 is 1.80 bits per heavy atom. The number of halogens is 1. The van der Waals surface area contributed by atoms with Crippen molar-refractivity contribution in [3.05, 3.63) is 53.0 Å². The van der Waals surface area contributed by atoms with E-state index in [1.54, 1.807) is 43.3 Å². The fourth-order valence-corrected chi connectivity index (χ4v) is 3.89. The Hall–Kier alpha value is -1.90. The summed E-state index contributed by atoms with van der Waals surface area (Å²) in [6.07, 6.45) is 0. The monoisotopic (exact) mass is 426 g/mol. The lowest BCUT2D eigenvalue weighted by Crippen LogP contribution is -2.37. The zero-order valence-electron chi connectivity index (χ0n) is 13.9. The van der Waals surface area contributed by atoms with E-state index in [1.807, 2.05) is 0 Å². The maximum Gasteiger partial charge on any atom is 0.243 e. The second-order valence-corrected chi connectivity index (χ2v) is 7.99. The van der Waals surface area contributed by atoms with E-state index in [-0.39, 0.29) is 18.0 Å². The molecule has 0 spiro atoms. The highest BCUT2D eigenvalue weighted by Gasteiger charge is 2.25. The van der Waals surface area contributed by atoms with Gasteiger partial charge in [0.2, 0.25) is 15.9 Å². The average Bonchev–Trinajstić information content (AvgIpc) is 2.60. The van der Waals surface area contributed by atoms with Crippen molar-refractivity contribution in [2.45, 2.75) is 11.8 Å². The molecule has 134 valence electrons. The molecular formula is C17H19BrN2O4S. The minimum Gasteiger partial charge on any atom is -0.495 e. The van der Waals surface area contributed by atoms with E-state index in [9.17, 15) is 13.2 Å². The summed E-state index contributed by atoms with van der Waals surface area (Å²) in [4.78, 5) is 12.4. The molecule has 6 nitrogen and oxygen atoms in total. The van der Waals surface area contributed by atoms with Crippen LogP contribution in [0.1, 0.15) is 6.92 Å². The molecule has 0 aliphatic carbocycles. The minimum absolute atomic E-state index is 0.141. The van der Waals surface area contributed by atoms with E-state index in [0.717, 1.165) is 8.78 Å². The van der Waals surface area contributed by atoms with Crippen molar-refractivity contribution in [3.8, 4) is 5.75 Å². The van der Waals surface area contributed by atoms with Crippen molar-refractivity contribution >= 4 is 37.5 Å². The molecule has 0 aliphatic heterocycles. The molecule has 2 aromatic rings. The third-order valence-electron chi connectivity index (χ3n) is 3.51. The highest BCUT2D eigenvalue weighted by atomic mass is 79.9. The molecule has 0 bridgehead atoms. The van der Waals surface area contributed by atoms with E-state index in [1.165, 1.54) is 19.2 Å². The van der Waals surface area contributed by atoms with Crippen LogP contribution in [0.2, 0.25) is 0 Å². The summed E-state index contributed by atoms with van der Waals surface area (Å²) in [6, 6.07) is 13.2. The second kappa shape index (κ2) is 8.46. The normalized spacial score (nSPS) is 11.4. The van der Waals surface area contributed by atoms with Crippen molar-refractivity contribution in [1.29, 1.82) is 0 Å². The maximum absolute atomic E-state index is 12.7. The molecule has 1 N–H and O–H groups in total. The number of methoxy groups -OCH3 is 1. The molecule has 2 aromatic carbocycles. The number of carbonyl (C=O) groups excluding carboxylic acids is 1. The Kier molecular flexibility index (Phi) is 6.57. The van der Waals surface area contributed by atoms with Gasteiger partial charge in [-0.25, -0.2) is 8.42 Å². The van der Waals surface area contributed by atoms with Gasteiger partial charge in [-0.2, -0.15) is 4.31 Å². The number of hydrogen-bond donors (Lipinski definition) is 1.